The second kappa shape index (κ2) is 10.4. The smallest absolute Gasteiger partial charge is 0.374 e. The first-order valence-corrected chi connectivity index (χ1v) is 12.4. The van der Waals surface area contributed by atoms with Crippen molar-refractivity contribution in [2.45, 2.75) is 26.8 Å². The molecular weight excluding hydrogens is 300 g/mol. The van der Waals surface area contributed by atoms with Crippen molar-refractivity contribution >= 4 is 50.9 Å². The number of hydrogen-bond acceptors (Lipinski definition) is 6. The van der Waals surface area contributed by atoms with Gasteiger partial charge in [0.15, 0.2) is 0 Å². The van der Waals surface area contributed by atoms with Gasteiger partial charge in [-0.25, -0.2) is 0 Å². The van der Waals surface area contributed by atoms with Crippen LogP contribution in [0.2, 0.25) is 6.04 Å². The molecule has 0 aliphatic heterocycles. The molecule has 0 N–H and O–H groups in total. The first-order chi connectivity index (χ1) is 7.64. The molecule has 0 aromatic heterocycles. The molecule has 0 bridgehead atoms. The summed E-state index contributed by atoms with van der Waals surface area (Å²) in [5.41, 5.74) is 0. The zero-order valence-electron chi connectivity index (χ0n) is 10.0. The summed E-state index contributed by atoms with van der Waals surface area (Å²) in [4.78, 5) is 0. The first kappa shape index (κ1) is 17.5. The molecule has 0 radical (unpaired) electrons. The van der Waals surface area contributed by atoms with Gasteiger partial charge in [0.1, 0.15) is 0 Å². The molecule has 0 saturated carbocycles. The van der Waals surface area contributed by atoms with Crippen LogP contribution in [0.4, 0.5) is 0 Å². The van der Waals surface area contributed by atoms with Crippen LogP contribution in [0.1, 0.15) is 20.8 Å². The van der Waals surface area contributed by atoms with Crippen molar-refractivity contribution in [3.63, 3.8) is 0 Å². The second-order valence-electron chi connectivity index (χ2n) is 2.89. The zero-order valence-corrected chi connectivity index (χ0v) is 14.5. The van der Waals surface area contributed by atoms with Crippen molar-refractivity contribution in [2.24, 2.45) is 0 Å². The van der Waals surface area contributed by atoms with E-state index in [1.807, 2.05) is 20.8 Å². The van der Waals surface area contributed by atoms with E-state index < -0.39 is 17.8 Å². The fraction of sp³-hybridized carbons (Fsp3) is 1.00. The summed E-state index contributed by atoms with van der Waals surface area (Å²) in [6.45, 7) is 7.80. The van der Waals surface area contributed by atoms with Crippen molar-refractivity contribution in [2.75, 3.05) is 25.6 Å². The lowest BCUT2D eigenvalue weighted by atomic mass is 10.9. The normalized spacial score (nSPS) is 15.2. The van der Waals surface area contributed by atoms with Gasteiger partial charge in [0.2, 0.25) is 0 Å². The van der Waals surface area contributed by atoms with E-state index in [0.717, 1.165) is 11.8 Å². The minimum absolute atomic E-state index is 0.405. The van der Waals surface area contributed by atoms with E-state index in [1.54, 1.807) is 0 Å². The van der Waals surface area contributed by atoms with Gasteiger partial charge in [-0.05, 0) is 36.3 Å². The molecule has 0 aliphatic carbocycles. The first-order valence-electron chi connectivity index (χ1n) is 5.33. The summed E-state index contributed by atoms with van der Waals surface area (Å²) in [5, 5.41) is 0. The molecule has 16 heavy (non-hydrogen) atoms. The van der Waals surface area contributed by atoms with Crippen LogP contribution in [0.25, 0.3) is 0 Å². The number of rotatable bonds is 10. The van der Waals surface area contributed by atoms with Crippen LogP contribution in [0, 0.1) is 0 Å². The Morgan fingerprint density at radius 3 is 1.81 bits per heavy atom. The van der Waals surface area contributed by atoms with Crippen LogP contribution in [0.5, 0.6) is 0 Å². The van der Waals surface area contributed by atoms with Gasteiger partial charge >= 0.3 is 8.80 Å². The van der Waals surface area contributed by atoms with Gasteiger partial charge in [-0.3, -0.25) is 0 Å². The van der Waals surface area contributed by atoms with Crippen LogP contribution >= 0.6 is 42.1 Å². The molecule has 0 aromatic rings. The molecule has 0 aliphatic rings. The highest BCUT2D eigenvalue weighted by Crippen LogP contribution is 2.48. The van der Waals surface area contributed by atoms with E-state index >= 15 is 0 Å². The maximum absolute atomic E-state index is 5.74. The molecule has 0 saturated heterocycles. The number of hydrogen-bond donors (Lipinski definition) is 3. The van der Waals surface area contributed by atoms with Crippen LogP contribution in [0.3, 0.4) is 0 Å². The molecule has 0 heterocycles. The van der Waals surface area contributed by atoms with Crippen LogP contribution in [-0.2, 0) is 13.3 Å². The predicted octanol–water partition coefficient (Wildman–Crippen LogP) is 3.37. The van der Waals surface area contributed by atoms with E-state index in [-0.39, 0.29) is 0 Å². The van der Waals surface area contributed by atoms with Crippen molar-refractivity contribution in [3.8, 4) is 0 Å². The third-order valence-corrected chi connectivity index (χ3v) is 11.4. The largest absolute Gasteiger partial charge is 0.501 e. The topological polar surface area (TPSA) is 27.7 Å². The molecular formula is C8H22O3S4Si. The van der Waals surface area contributed by atoms with Gasteiger partial charge in [0, 0.05) is 25.9 Å². The van der Waals surface area contributed by atoms with Gasteiger partial charge in [-0.15, -0.1) is 32.3 Å². The summed E-state index contributed by atoms with van der Waals surface area (Å²) in [5.74, 6) is 0.943. The third kappa shape index (κ3) is 7.05. The molecule has 8 heteroatoms. The van der Waals surface area contributed by atoms with Crippen molar-refractivity contribution in [1.82, 2.24) is 0 Å². The summed E-state index contributed by atoms with van der Waals surface area (Å²) in [6.07, 6.45) is 0. The van der Waals surface area contributed by atoms with E-state index in [2.05, 4.69) is 23.3 Å². The molecule has 0 rings (SSSR count). The summed E-state index contributed by atoms with van der Waals surface area (Å²) in [6, 6.07) is 0.825. The fourth-order valence-electron chi connectivity index (χ4n) is 1.27. The Kier molecular flexibility index (Phi) is 11.4. The predicted molar refractivity (Wildman–Crippen MR) is 84.9 cm³/mol. The molecule has 1 atom stereocenters. The average molecular weight is 323 g/mol. The molecule has 3 nitrogen and oxygen atoms in total. The summed E-state index contributed by atoms with van der Waals surface area (Å²) >= 11 is 8.62. The maximum Gasteiger partial charge on any atom is 0.501 e. The number of thiol groups is 3. The summed E-state index contributed by atoms with van der Waals surface area (Å²) in [7, 11) is -1.36. The SMILES string of the molecule is CCO[Si](CC[SH](S)SS)(OCC)OCC. The van der Waals surface area contributed by atoms with Crippen LogP contribution < -0.4 is 0 Å². The van der Waals surface area contributed by atoms with Gasteiger partial charge in [-0.2, -0.15) is 0 Å². The Labute approximate surface area is 116 Å². The molecule has 0 amide bonds. The Morgan fingerprint density at radius 1 is 1.06 bits per heavy atom. The Bertz CT molecular complexity index is 158. The third-order valence-electron chi connectivity index (χ3n) is 1.80. The average Bonchev–Trinajstić information content (AvgIpc) is 2.27. The maximum atomic E-state index is 5.74. The lowest BCUT2D eigenvalue weighted by Gasteiger charge is -2.29. The van der Waals surface area contributed by atoms with Gasteiger partial charge in [0.05, 0.1) is 0 Å². The van der Waals surface area contributed by atoms with Crippen molar-refractivity contribution in [1.29, 1.82) is 0 Å². The minimum atomic E-state index is -2.45. The second-order valence-corrected chi connectivity index (χ2v) is 12.5. The minimum Gasteiger partial charge on any atom is -0.374 e. The lowest BCUT2D eigenvalue weighted by Crippen LogP contribution is -2.46. The van der Waals surface area contributed by atoms with Gasteiger partial charge < -0.3 is 13.3 Å². The molecule has 0 aromatic carbocycles. The van der Waals surface area contributed by atoms with Crippen LogP contribution in [0.15, 0.2) is 0 Å². The fourth-order valence-corrected chi connectivity index (χ4v) is 7.92. The van der Waals surface area contributed by atoms with E-state index in [9.17, 15) is 0 Å². The van der Waals surface area contributed by atoms with Gasteiger partial charge in [-0.1, -0.05) is 0 Å². The van der Waals surface area contributed by atoms with E-state index in [0.29, 0.717) is 19.8 Å². The van der Waals surface area contributed by atoms with E-state index in [4.69, 9.17) is 13.3 Å². The zero-order chi connectivity index (χ0) is 12.4. The molecule has 100 valence electrons. The monoisotopic (exact) mass is 322 g/mol. The Hall–Kier alpha value is 1.50. The van der Waals surface area contributed by atoms with Gasteiger partial charge in [0.25, 0.3) is 0 Å². The highest BCUT2D eigenvalue weighted by Gasteiger charge is 2.40. The summed E-state index contributed by atoms with van der Waals surface area (Å²) < 4.78 is 17.2. The standard InChI is InChI=1S/C8H22O3S4Si/c1-4-9-16(10-5-2,11-6-3)8-7-15(13)14-12/h12-13,15H,4-8H2,1-3H3. The Balaban J connectivity index is 4.34. The molecule has 1 unspecified atom stereocenters. The lowest BCUT2D eigenvalue weighted by molar-refractivity contribution is 0.0729. The van der Waals surface area contributed by atoms with E-state index in [1.165, 1.54) is 9.83 Å². The Morgan fingerprint density at radius 2 is 1.50 bits per heavy atom. The molecule has 0 spiro atoms. The molecule has 0 fully saturated rings. The van der Waals surface area contributed by atoms with Crippen LogP contribution in [-0.4, -0.2) is 34.4 Å². The highest BCUT2D eigenvalue weighted by molar-refractivity contribution is 9.27. The van der Waals surface area contributed by atoms with Crippen molar-refractivity contribution in [3.05, 3.63) is 0 Å². The highest BCUT2D eigenvalue weighted by atomic mass is 33.7. The quantitative estimate of drug-likeness (QED) is 0.327. The van der Waals surface area contributed by atoms with Crippen molar-refractivity contribution < 1.29 is 13.3 Å².